The molecule has 2 aromatic carbocycles. The zero-order valence-corrected chi connectivity index (χ0v) is 15.3. The number of nitrogens with one attached hydrogen (secondary N) is 1. The molecule has 2 rings (SSSR count). The molecule has 23 heavy (non-hydrogen) atoms. The minimum atomic E-state index is -0.704. The third-order valence-electron chi connectivity index (χ3n) is 2.86. The SMILES string of the molecule is C[C@@H](Oc1ccc(Br)cc1)C(=O)N/N=C\c1cc(Br)ccc1O. The fourth-order valence-corrected chi connectivity index (χ4v) is 2.30. The first-order valence-electron chi connectivity index (χ1n) is 6.69. The highest BCUT2D eigenvalue weighted by molar-refractivity contribution is 9.10. The van der Waals surface area contributed by atoms with Crippen LogP contribution in [0.3, 0.4) is 0 Å². The molecule has 0 heterocycles. The van der Waals surface area contributed by atoms with Gasteiger partial charge < -0.3 is 9.84 Å². The molecule has 120 valence electrons. The molecule has 0 aromatic heterocycles. The van der Waals surface area contributed by atoms with E-state index in [-0.39, 0.29) is 5.75 Å². The standard InChI is InChI=1S/C16H14Br2N2O3/c1-10(23-14-5-2-12(17)3-6-14)16(22)20-19-9-11-8-13(18)4-7-15(11)21/h2-10,21H,1H3,(H,20,22)/b19-9-/t10-/m1/s1. The van der Waals surface area contributed by atoms with Gasteiger partial charge in [-0.2, -0.15) is 5.10 Å². The number of ether oxygens (including phenoxy) is 1. The molecule has 0 saturated heterocycles. The molecule has 0 bridgehead atoms. The number of carbonyl (C=O) groups excluding carboxylic acids is 1. The molecule has 2 aromatic rings. The Morgan fingerprint density at radius 2 is 1.87 bits per heavy atom. The molecule has 0 saturated carbocycles. The number of hydrazone groups is 1. The highest BCUT2D eigenvalue weighted by atomic mass is 79.9. The summed E-state index contributed by atoms with van der Waals surface area (Å²) in [7, 11) is 0. The van der Waals surface area contributed by atoms with Crippen LogP contribution in [0.1, 0.15) is 12.5 Å². The third kappa shape index (κ3) is 5.37. The van der Waals surface area contributed by atoms with Crippen LogP contribution in [0, 0.1) is 0 Å². The summed E-state index contributed by atoms with van der Waals surface area (Å²) in [4.78, 5) is 11.9. The Morgan fingerprint density at radius 1 is 1.22 bits per heavy atom. The number of hydrogen-bond acceptors (Lipinski definition) is 4. The normalized spacial score (nSPS) is 12.1. The van der Waals surface area contributed by atoms with Gasteiger partial charge in [0.2, 0.25) is 0 Å². The summed E-state index contributed by atoms with van der Waals surface area (Å²) >= 11 is 6.63. The number of phenols is 1. The van der Waals surface area contributed by atoms with Crippen molar-refractivity contribution >= 4 is 44.0 Å². The Labute approximate surface area is 150 Å². The first-order valence-corrected chi connectivity index (χ1v) is 8.28. The van der Waals surface area contributed by atoms with Crippen LogP contribution in [0.2, 0.25) is 0 Å². The maximum Gasteiger partial charge on any atom is 0.280 e. The predicted octanol–water partition coefficient (Wildman–Crippen LogP) is 3.83. The molecule has 0 fully saturated rings. The van der Waals surface area contributed by atoms with E-state index in [1.54, 1.807) is 31.2 Å². The first-order chi connectivity index (χ1) is 11.0. The number of aromatic hydroxyl groups is 1. The van der Waals surface area contributed by atoms with Crippen molar-refractivity contribution in [1.29, 1.82) is 0 Å². The Balaban J connectivity index is 1.92. The quantitative estimate of drug-likeness (QED) is 0.547. The lowest BCUT2D eigenvalue weighted by atomic mass is 10.2. The van der Waals surface area contributed by atoms with Crippen molar-refractivity contribution in [3.8, 4) is 11.5 Å². The monoisotopic (exact) mass is 440 g/mol. The summed E-state index contributed by atoms with van der Waals surface area (Å²) in [6, 6.07) is 12.1. The Bertz CT molecular complexity index is 718. The van der Waals surface area contributed by atoms with Crippen LogP contribution in [-0.2, 0) is 4.79 Å². The van der Waals surface area contributed by atoms with E-state index >= 15 is 0 Å². The average Bonchev–Trinajstić information content (AvgIpc) is 2.52. The zero-order valence-electron chi connectivity index (χ0n) is 12.2. The van der Waals surface area contributed by atoms with E-state index in [0.29, 0.717) is 11.3 Å². The Hall–Kier alpha value is -1.86. The molecule has 0 aliphatic carbocycles. The van der Waals surface area contributed by atoms with Crippen LogP contribution in [-0.4, -0.2) is 23.3 Å². The summed E-state index contributed by atoms with van der Waals surface area (Å²) in [6.45, 7) is 1.63. The van der Waals surface area contributed by atoms with E-state index in [0.717, 1.165) is 8.95 Å². The lowest BCUT2D eigenvalue weighted by molar-refractivity contribution is -0.127. The number of nitrogens with zero attached hydrogens (tertiary/aromatic N) is 1. The molecule has 7 heteroatoms. The minimum absolute atomic E-state index is 0.0744. The van der Waals surface area contributed by atoms with Crippen molar-refractivity contribution in [2.75, 3.05) is 0 Å². The van der Waals surface area contributed by atoms with Gasteiger partial charge in [-0.3, -0.25) is 4.79 Å². The van der Waals surface area contributed by atoms with E-state index in [2.05, 4.69) is 42.4 Å². The molecule has 0 radical (unpaired) electrons. The first kappa shape index (κ1) is 17.5. The lowest BCUT2D eigenvalue weighted by Gasteiger charge is -2.12. The molecule has 0 aliphatic heterocycles. The van der Waals surface area contributed by atoms with Crippen LogP contribution < -0.4 is 10.2 Å². The molecular weight excluding hydrogens is 428 g/mol. The lowest BCUT2D eigenvalue weighted by Crippen LogP contribution is -2.33. The van der Waals surface area contributed by atoms with Crippen molar-refractivity contribution in [3.63, 3.8) is 0 Å². The second-order valence-corrected chi connectivity index (χ2v) is 6.48. The van der Waals surface area contributed by atoms with Gasteiger partial charge in [0.1, 0.15) is 11.5 Å². The van der Waals surface area contributed by atoms with Crippen LogP contribution in [0.4, 0.5) is 0 Å². The summed E-state index contributed by atoms with van der Waals surface area (Å²) < 4.78 is 7.24. The summed E-state index contributed by atoms with van der Waals surface area (Å²) in [5.41, 5.74) is 2.87. The van der Waals surface area contributed by atoms with Crippen LogP contribution in [0.5, 0.6) is 11.5 Å². The van der Waals surface area contributed by atoms with E-state index in [4.69, 9.17) is 4.74 Å². The number of halogens is 2. The number of rotatable bonds is 5. The highest BCUT2D eigenvalue weighted by Crippen LogP contribution is 2.20. The zero-order chi connectivity index (χ0) is 16.8. The molecule has 2 N–H and O–H groups in total. The van der Waals surface area contributed by atoms with Gasteiger partial charge >= 0.3 is 0 Å². The second kappa shape index (κ2) is 8.12. The van der Waals surface area contributed by atoms with Gasteiger partial charge in [0.15, 0.2) is 6.10 Å². The second-order valence-electron chi connectivity index (χ2n) is 4.65. The summed E-state index contributed by atoms with van der Waals surface area (Å²) in [6.07, 6.45) is 0.661. The maximum atomic E-state index is 11.9. The van der Waals surface area contributed by atoms with E-state index in [9.17, 15) is 9.90 Å². The van der Waals surface area contributed by atoms with Crippen molar-refractivity contribution < 1.29 is 14.6 Å². The number of hydrogen-bond donors (Lipinski definition) is 2. The van der Waals surface area contributed by atoms with Crippen LogP contribution in [0.25, 0.3) is 0 Å². The predicted molar refractivity (Wildman–Crippen MR) is 95.8 cm³/mol. The minimum Gasteiger partial charge on any atom is -0.507 e. The summed E-state index contributed by atoms with van der Waals surface area (Å²) in [5, 5.41) is 13.5. The molecular formula is C16H14Br2N2O3. The Kier molecular flexibility index (Phi) is 6.18. The average molecular weight is 442 g/mol. The van der Waals surface area contributed by atoms with E-state index < -0.39 is 12.0 Å². The van der Waals surface area contributed by atoms with E-state index in [1.807, 2.05) is 12.1 Å². The van der Waals surface area contributed by atoms with Gasteiger partial charge in [-0.25, -0.2) is 5.43 Å². The van der Waals surface area contributed by atoms with E-state index in [1.165, 1.54) is 12.3 Å². The number of amides is 1. The molecule has 1 atom stereocenters. The molecule has 0 spiro atoms. The topological polar surface area (TPSA) is 70.9 Å². The van der Waals surface area contributed by atoms with Gasteiger partial charge in [-0.15, -0.1) is 0 Å². The third-order valence-corrected chi connectivity index (χ3v) is 3.89. The van der Waals surface area contributed by atoms with Gasteiger partial charge in [0.05, 0.1) is 6.21 Å². The van der Waals surface area contributed by atoms with Crippen molar-refractivity contribution in [3.05, 3.63) is 57.0 Å². The largest absolute Gasteiger partial charge is 0.507 e. The Morgan fingerprint density at radius 3 is 2.57 bits per heavy atom. The van der Waals surface area contributed by atoms with Crippen molar-refractivity contribution in [1.82, 2.24) is 5.43 Å². The van der Waals surface area contributed by atoms with Crippen LogP contribution >= 0.6 is 31.9 Å². The number of carbonyl (C=O) groups is 1. The van der Waals surface area contributed by atoms with Gasteiger partial charge in [-0.05, 0) is 49.4 Å². The summed E-state index contributed by atoms with van der Waals surface area (Å²) in [5.74, 6) is 0.272. The fourth-order valence-electron chi connectivity index (χ4n) is 1.66. The molecule has 5 nitrogen and oxygen atoms in total. The number of benzene rings is 2. The molecule has 0 unspecified atom stereocenters. The van der Waals surface area contributed by atoms with Crippen molar-refractivity contribution in [2.45, 2.75) is 13.0 Å². The highest BCUT2D eigenvalue weighted by Gasteiger charge is 2.13. The number of phenolic OH excluding ortho intramolecular Hbond substituents is 1. The van der Waals surface area contributed by atoms with Crippen molar-refractivity contribution in [2.24, 2.45) is 5.10 Å². The molecule has 0 aliphatic rings. The van der Waals surface area contributed by atoms with Gasteiger partial charge in [-0.1, -0.05) is 31.9 Å². The van der Waals surface area contributed by atoms with Gasteiger partial charge in [0, 0.05) is 14.5 Å². The maximum absolute atomic E-state index is 11.9. The molecule has 1 amide bonds. The van der Waals surface area contributed by atoms with Gasteiger partial charge in [0.25, 0.3) is 5.91 Å². The van der Waals surface area contributed by atoms with Crippen LogP contribution in [0.15, 0.2) is 56.5 Å². The smallest absolute Gasteiger partial charge is 0.280 e. The fraction of sp³-hybridized carbons (Fsp3) is 0.125.